The van der Waals surface area contributed by atoms with Crippen LogP contribution in [0.4, 0.5) is 0 Å². The molecule has 1 aliphatic carbocycles. The molecule has 0 saturated heterocycles. The molecule has 1 rings (SSSR count). The van der Waals surface area contributed by atoms with Crippen LogP contribution in [0.5, 0.6) is 0 Å². The van der Waals surface area contributed by atoms with Crippen molar-refractivity contribution in [3.05, 3.63) is 0 Å². The third-order valence-electron chi connectivity index (χ3n) is 3.90. The largest absolute Gasteiger partial charge is 0.370 e. The Morgan fingerprint density at radius 3 is 1.81 bits per heavy atom. The molecule has 0 N–H and O–H groups in total. The highest BCUT2D eigenvalue weighted by Gasteiger charge is 2.47. The molecule has 1 aliphatic rings. The van der Waals surface area contributed by atoms with Crippen molar-refractivity contribution in [2.24, 2.45) is 10.8 Å². The fourth-order valence-electron chi connectivity index (χ4n) is 2.54. The Morgan fingerprint density at radius 1 is 1.06 bits per heavy atom. The fourth-order valence-corrected chi connectivity index (χ4v) is 2.54. The van der Waals surface area contributed by atoms with Gasteiger partial charge in [-0.1, -0.05) is 34.6 Å². The van der Waals surface area contributed by atoms with Gasteiger partial charge in [-0.3, -0.25) is 4.79 Å². The van der Waals surface area contributed by atoms with Crippen LogP contribution < -0.4 is 0 Å². The Labute approximate surface area is 99.8 Å². The number of carbonyl (C=O) groups is 1. The van der Waals surface area contributed by atoms with E-state index in [1.165, 1.54) is 0 Å². The molecule has 0 atom stereocenters. The lowest BCUT2D eigenvalue weighted by Gasteiger charge is -2.44. The zero-order chi connectivity index (χ0) is 12.6. The minimum atomic E-state index is -0.520. The number of ether oxygens (including phenoxy) is 1. The topological polar surface area (TPSA) is 26.3 Å². The summed E-state index contributed by atoms with van der Waals surface area (Å²) in [5.74, 6) is 0.262. The van der Waals surface area contributed by atoms with Gasteiger partial charge in [0.15, 0.2) is 5.78 Å². The third kappa shape index (κ3) is 2.65. The van der Waals surface area contributed by atoms with E-state index >= 15 is 0 Å². The van der Waals surface area contributed by atoms with Crippen LogP contribution in [0.15, 0.2) is 0 Å². The van der Waals surface area contributed by atoms with Gasteiger partial charge in [0.05, 0.1) is 0 Å². The fraction of sp³-hybridized carbons (Fsp3) is 0.929. The third-order valence-corrected chi connectivity index (χ3v) is 3.90. The van der Waals surface area contributed by atoms with Crippen LogP contribution in [0, 0.1) is 10.8 Å². The molecular formula is C14H26O2. The number of hydrogen-bond donors (Lipinski definition) is 0. The number of rotatable bonds is 2. The molecule has 2 heteroatoms. The first kappa shape index (κ1) is 13.7. The Morgan fingerprint density at radius 2 is 1.50 bits per heavy atom. The van der Waals surface area contributed by atoms with E-state index in [1.54, 1.807) is 7.11 Å². The van der Waals surface area contributed by atoms with E-state index in [1.807, 2.05) is 20.8 Å². The second-order valence-electron chi connectivity index (χ2n) is 6.94. The molecule has 16 heavy (non-hydrogen) atoms. The number of methoxy groups -OCH3 is 1. The molecular weight excluding hydrogens is 200 g/mol. The lowest BCUT2D eigenvalue weighted by molar-refractivity contribution is -0.156. The molecule has 0 aromatic carbocycles. The van der Waals surface area contributed by atoms with E-state index in [2.05, 4.69) is 13.8 Å². The van der Waals surface area contributed by atoms with E-state index in [-0.39, 0.29) is 11.2 Å². The summed E-state index contributed by atoms with van der Waals surface area (Å²) in [5, 5.41) is 0. The normalized spacial score (nSPS) is 24.1. The minimum absolute atomic E-state index is 0.262. The summed E-state index contributed by atoms with van der Waals surface area (Å²) in [6.45, 7) is 10.5. The molecule has 0 heterocycles. The molecule has 2 nitrogen and oxygen atoms in total. The average molecular weight is 226 g/mol. The Balaban J connectivity index is 2.86. The van der Waals surface area contributed by atoms with Crippen LogP contribution in [-0.2, 0) is 9.53 Å². The molecule has 94 valence electrons. The van der Waals surface area contributed by atoms with E-state index in [0.29, 0.717) is 5.41 Å². The SMILES string of the molecule is COC1(C(=O)C(C)(C)C)CCC(C)(C)CC1. The predicted molar refractivity (Wildman–Crippen MR) is 66.5 cm³/mol. The van der Waals surface area contributed by atoms with Crippen molar-refractivity contribution >= 4 is 5.78 Å². The lowest BCUT2D eigenvalue weighted by atomic mass is 9.66. The zero-order valence-corrected chi connectivity index (χ0v) is 11.6. The van der Waals surface area contributed by atoms with Gasteiger partial charge < -0.3 is 4.74 Å². The molecule has 0 spiro atoms. The van der Waals surface area contributed by atoms with Crippen LogP contribution in [0.2, 0.25) is 0 Å². The Bertz CT molecular complexity index is 261. The van der Waals surface area contributed by atoms with Gasteiger partial charge in [0.2, 0.25) is 0 Å². The van der Waals surface area contributed by atoms with Gasteiger partial charge >= 0.3 is 0 Å². The number of hydrogen-bond acceptors (Lipinski definition) is 2. The maximum absolute atomic E-state index is 12.5. The molecule has 0 aliphatic heterocycles. The highest BCUT2D eigenvalue weighted by atomic mass is 16.5. The lowest BCUT2D eigenvalue weighted by Crippen LogP contribution is -2.50. The van der Waals surface area contributed by atoms with Crippen LogP contribution in [0.25, 0.3) is 0 Å². The summed E-state index contributed by atoms with van der Waals surface area (Å²) >= 11 is 0. The van der Waals surface area contributed by atoms with Crippen molar-refractivity contribution in [2.75, 3.05) is 7.11 Å². The maximum Gasteiger partial charge on any atom is 0.169 e. The summed E-state index contributed by atoms with van der Waals surface area (Å²) in [5.41, 5.74) is -0.467. The summed E-state index contributed by atoms with van der Waals surface area (Å²) < 4.78 is 5.61. The van der Waals surface area contributed by atoms with Crippen LogP contribution in [0.3, 0.4) is 0 Å². The summed E-state index contributed by atoms with van der Waals surface area (Å²) in [7, 11) is 1.68. The van der Waals surface area contributed by atoms with E-state index in [4.69, 9.17) is 4.74 Å². The second kappa shape index (κ2) is 4.14. The molecule has 0 aromatic heterocycles. The average Bonchev–Trinajstić information content (AvgIpc) is 2.17. The molecule has 0 radical (unpaired) electrons. The highest BCUT2D eigenvalue weighted by Crippen LogP contribution is 2.44. The van der Waals surface area contributed by atoms with Gasteiger partial charge in [-0.25, -0.2) is 0 Å². The quantitative estimate of drug-likeness (QED) is 0.719. The summed E-state index contributed by atoms with van der Waals surface area (Å²) in [6.07, 6.45) is 3.88. The molecule has 0 unspecified atom stereocenters. The summed E-state index contributed by atoms with van der Waals surface area (Å²) in [6, 6.07) is 0. The van der Waals surface area contributed by atoms with E-state index in [0.717, 1.165) is 25.7 Å². The first-order chi connectivity index (χ1) is 7.13. The molecule has 1 saturated carbocycles. The Kier molecular flexibility index (Phi) is 3.54. The number of Topliss-reactive ketones (excluding diaryl/α,β-unsaturated/α-hetero) is 1. The number of carbonyl (C=O) groups excluding carboxylic acids is 1. The Hall–Kier alpha value is -0.370. The van der Waals surface area contributed by atoms with Gasteiger partial charge in [-0.15, -0.1) is 0 Å². The van der Waals surface area contributed by atoms with Crippen molar-refractivity contribution in [1.29, 1.82) is 0 Å². The van der Waals surface area contributed by atoms with Crippen LogP contribution in [-0.4, -0.2) is 18.5 Å². The summed E-state index contributed by atoms with van der Waals surface area (Å²) in [4.78, 5) is 12.5. The van der Waals surface area contributed by atoms with Crippen LogP contribution >= 0.6 is 0 Å². The second-order valence-corrected chi connectivity index (χ2v) is 6.94. The van der Waals surface area contributed by atoms with Crippen molar-refractivity contribution in [2.45, 2.75) is 65.9 Å². The van der Waals surface area contributed by atoms with Crippen molar-refractivity contribution in [3.63, 3.8) is 0 Å². The molecule has 0 amide bonds. The first-order valence-electron chi connectivity index (χ1n) is 6.23. The van der Waals surface area contributed by atoms with Gasteiger partial charge in [0.1, 0.15) is 5.60 Å². The standard InChI is InChI=1S/C14H26O2/c1-12(2,3)11(15)14(16-6)9-7-13(4,5)8-10-14/h7-10H2,1-6H3. The zero-order valence-electron chi connectivity index (χ0n) is 11.6. The highest BCUT2D eigenvalue weighted by molar-refractivity contribution is 5.91. The van der Waals surface area contributed by atoms with E-state index < -0.39 is 5.60 Å². The van der Waals surface area contributed by atoms with Gasteiger partial charge in [0, 0.05) is 12.5 Å². The monoisotopic (exact) mass is 226 g/mol. The number of ketones is 1. The molecule has 0 bridgehead atoms. The minimum Gasteiger partial charge on any atom is -0.370 e. The van der Waals surface area contributed by atoms with Gasteiger partial charge in [-0.05, 0) is 31.1 Å². The van der Waals surface area contributed by atoms with Gasteiger partial charge in [-0.2, -0.15) is 0 Å². The first-order valence-corrected chi connectivity index (χ1v) is 6.23. The maximum atomic E-state index is 12.5. The van der Waals surface area contributed by atoms with Crippen molar-refractivity contribution in [3.8, 4) is 0 Å². The van der Waals surface area contributed by atoms with E-state index in [9.17, 15) is 4.79 Å². The van der Waals surface area contributed by atoms with Gasteiger partial charge in [0.25, 0.3) is 0 Å². The van der Waals surface area contributed by atoms with Crippen LogP contribution in [0.1, 0.15) is 60.3 Å². The predicted octanol–water partition coefficient (Wildman–Crippen LogP) is 3.59. The molecule has 1 fully saturated rings. The van der Waals surface area contributed by atoms with Crippen molar-refractivity contribution in [1.82, 2.24) is 0 Å². The van der Waals surface area contributed by atoms with Crippen molar-refractivity contribution < 1.29 is 9.53 Å². The molecule has 0 aromatic rings. The smallest absolute Gasteiger partial charge is 0.169 e.